The van der Waals surface area contributed by atoms with E-state index in [1.165, 1.54) is 4.88 Å². The van der Waals surface area contributed by atoms with Gasteiger partial charge in [0.25, 0.3) is 0 Å². The Balaban J connectivity index is 1.92. The lowest BCUT2D eigenvalue weighted by Crippen LogP contribution is -1.89. The molecular weight excluding hydrogens is 335 g/mol. The Bertz CT molecular complexity index is 782. The molecule has 2 aromatic carbocycles. The predicted octanol–water partition coefficient (Wildman–Crippen LogP) is 6.42. The minimum atomic E-state index is 0.704. The van der Waals surface area contributed by atoms with Crippen LogP contribution < -0.4 is 5.32 Å². The first kappa shape index (κ1) is 15.3. The highest BCUT2D eigenvalue weighted by Gasteiger charge is 2.12. The molecule has 22 heavy (non-hydrogen) atoms. The van der Waals surface area contributed by atoms with Crippen LogP contribution in [0.25, 0.3) is 11.3 Å². The molecule has 0 saturated carbocycles. The lowest BCUT2D eigenvalue weighted by molar-refractivity contribution is 1.17. The van der Waals surface area contributed by atoms with E-state index in [0.29, 0.717) is 5.02 Å². The predicted molar refractivity (Wildman–Crippen MR) is 96.7 cm³/mol. The van der Waals surface area contributed by atoms with Gasteiger partial charge in [-0.15, -0.1) is 11.3 Å². The van der Waals surface area contributed by atoms with Crippen molar-refractivity contribution in [3.8, 4) is 11.3 Å². The van der Waals surface area contributed by atoms with Crippen molar-refractivity contribution in [2.45, 2.75) is 13.3 Å². The van der Waals surface area contributed by atoms with Crippen LogP contribution in [0.2, 0.25) is 10.0 Å². The molecule has 3 rings (SSSR count). The minimum Gasteiger partial charge on any atom is -0.331 e. The molecule has 0 amide bonds. The average Bonchev–Trinajstić information content (AvgIpc) is 2.91. The zero-order chi connectivity index (χ0) is 15.5. The van der Waals surface area contributed by atoms with Crippen LogP contribution in [0.1, 0.15) is 11.8 Å². The molecule has 1 aromatic heterocycles. The topological polar surface area (TPSA) is 24.9 Å². The third kappa shape index (κ3) is 3.43. The van der Waals surface area contributed by atoms with Gasteiger partial charge in [-0.2, -0.15) is 0 Å². The van der Waals surface area contributed by atoms with Gasteiger partial charge in [-0.1, -0.05) is 48.3 Å². The Morgan fingerprint density at radius 2 is 1.82 bits per heavy atom. The monoisotopic (exact) mass is 348 g/mol. The van der Waals surface area contributed by atoms with Gasteiger partial charge in [-0.25, -0.2) is 4.98 Å². The van der Waals surface area contributed by atoms with Crippen LogP contribution in [0.4, 0.5) is 10.8 Å². The highest BCUT2D eigenvalue weighted by Crippen LogP contribution is 2.33. The molecule has 0 saturated heterocycles. The smallest absolute Gasteiger partial charge is 0.187 e. The summed E-state index contributed by atoms with van der Waals surface area (Å²) in [7, 11) is 0. The molecular formula is C17H14Cl2N2S. The summed E-state index contributed by atoms with van der Waals surface area (Å²) < 4.78 is 0. The minimum absolute atomic E-state index is 0.704. The number of halogens is 2. The number of aromatic nitrogens is 1. The zero-order valence-corrected chi connectivity index (χ0v) is 14.3. The molecule has 2 nitrogen and oxygen atoms in total. The number of hydrogen-bond acceptors (Lipinski definition) is 3. The van der Waals surface area contributed by atoms with Gasteiger partial charge in [0.05, 0.1) is 5.69 Å². The standard InChI is InChI=1S/C17H14Cl2N2S/c1-2-15-16(11-6-8-12(18)9-7-11)21-17(22-15)20-14-5-3-4-13(19)10-14/h3-10H,2H2,1H3,(H,20,21). The number of nitrogens with zero attached hydrogens (tertiary/aromatic N) is 1. The molecule has 1 N–H and O–H groups in total. The summed E-state index contributed by atoms with van der Waals surface area (Å²) in [6.07, 6.45) is 0.937. The van der Waals surface area contributed by atoms with Gasteiger partial charge in [0.2, 0.25) is 0 Å². The summed E-state index contributed by atoms with van der Waals surface area (Å²) in [5.41, 5.74) is 3.02. The van der Waals surface area contributed by atoms with Crippen molar-refractivity contribution < 1.29 is 0 Å². The number of hydrogen-bond donors (Lipinski definition) is 1. The number of thiazole rings is 1. The van der Waals surface area contributed by atoms with Crippen molar-refractivity contribution in [3.63, 3.8) is 0 Å². The summed E-state index contributed by atoms with van der Waals surface area (Å²) in [5.74, 6) is 0. The molecule has 0 spiro atoms. The molecule has 5 heteroatoms. The molecule has 0 fully saturated rings. The van der Waals surface area contributed by atoms with E-state index in [1.54, 1.807) is 11.3 Å². The highest BCUT2D eigenvalue weighted by atomic mass is 35.5. The lowest BCUT2D eigenvalue weighted by atomic mass is 10.1. The fraction of sp³-hybridized carbons (Fsp3) is 0.118. The third-order valence-corrected chi connectivity index (χ3v) is 4.81. The fourth-order valence-electron chi connectivity index (χ4n) is 2.17. The molecule has 112 valence electrons. The van der Waals surface area contributed by atoms with Crippen LogP contribution in [0, 0.1) is 0 Å². The summed E-state index contributed by atoms with van der Waals surface area (Å²) >= 11 is 13.6. The van der Waals surface area contributed by atoms with E-state index in [9.17, 15) is 0 Å². The molecule has 0 aliphatic carbocycles. The van der Waals surface area contributed by atoms with Crippen LogP contribution in [0.3, 0.4) is 0 Å². The van der Waals surface area contributed by atoms with Gasteiger partial charge >= 0.3 is 0 Å². The molecule has 0 bridgehead atoms. The van der Waals surface area contributed by atoms with E-state index in [-0.39, 0.29) is 0 Å². The summed E-state index contributed by atoms with van der Waals surface area (Å²) in [6.45, 7) is 2.14. The first-order chi connectivity index (χ1) is 10.7. The Labute approximate surface area is 143 Å². The van der Waals surface area contributed by atoms with Crippen molar-refractivity contribution in [1.29, 1.82) is 0 Å². The molecule has 0 unspecified atom stereocenters. The number of nitrogens with one attached hydrogen (secondary N) is 1. The maximum Gasteiger partial charge on any atom is 0.187 e. The van der Waals surface area contributed by atoms with Crippen LogP contribution in [-0.2, 0) is 6.42 Å². The van der Waals surface area contributed by atoms with Crippen LogP contribution in [-0.4, -0.2) is 4.98 Å². The van der Waals surface area contributed by atoms with Gasteiger partial charge in [-0.3, -0.25) is 0 Å². The quantitative estimate of drug-likeness (QED) is 0.588. The summed E-state index contributed by atoms with van der Waals surface area (Å²) in [4.78, 5) is 5.97. The number of rotatable bonds is 4. The molecule has 0 aliphatic heterocycles. The Morgan fingerprint density at radius 3 is 2.50 bits per heavy atom. The lowest BCUT2D eigenvalue weighted by Gasteiger charge is -2.02. The normalized spacial score (nSPS) is 10.7. The van der Waals surface area contributed by atoms with Crippen LogP contribution in [0.15, 0.2) is 48.5 Å². The number of anilines is 2. The second-order valence-corrected chi connectivity index (χ2v) is 6.74. The van der Waals surface area contributed by atoms with Crippen molar-refractivity contribution in [1.82, 2.24) is 4.98 Å². The van der Waals surface area contributed by atoms with Crippen molar-refractivity contribution in [2.24, 2.45) is 0 Å². The molecule has 0 radical (unpaired) electrons. The third-order valence-electron chi connectivity index (χ3n) is 3.21. The van der Waals surface area contributed by atoms with E-state index < -0.39 is 0 Å². The van der Waals surface area contributed by atoms with E-state index in [4.69, 9.17) is 28.2 Å². The molecule has 0 atom stereocenters. The van der Waals surface area contributed by atoms with E-state index in [0.717, 1.165) is 33.5 Å². The first-order valence-corrected chi connectivity index (χ1v) is 8.51. The molecule has 0 aliphatic rings. The van der Waals surface area contributed by atoms with Gasteiger partial charge in [-0.05, 0) is 36.8 Å². The van der Waals surface area contributed by atoms with Gasteiger partial charge < -0.3 is 5.32 Å². The average molecular weight is 349 g/mol. The van der Waals surface area contributed by atoms with Crippen molar-refractivity contribution in [2.75, 3.05) is 5.32 Å². The van der Waals surface area contributed by atoms with Crippen LogP contribution in [0.5, 0.6) is 0 Å². The SMILES string of the molecule is CCc1sc(Nc2cccc(Cl)c2)nc1-c1ccc(Cl)cc1. The number of benzene rings is 2. The van der Waals surface area contributed by atoms with Gasteiger partial charge in [0.1, 0.15) is 0 Å². The van der Waals surface area contributed by atoms with E-state index >= 15 is 0 Å². The highest BCUT2D eigenvalue weighted by molar-refractivity contribution is 7.16. The Morgan fingerprint density at radius 1 is 1.05 bits per heavy atom. The Kier molecular flexibility index (Phi) is 4.67. The van der Waals surface area contributed by atoms with Gasteiger partial charge in [0, 0.05) is 26.2 Å². The largest absolute Gasteiger partial charge is 0.331 e. The van der Waals surface area contributed by atoms with Crippen molar-refractivity contribution >= 4 is 45.4 Å². The first-order valence-electron chi connectivity index (χ1n) is 6.94. The second-order valence-electron chi connectivity index (χ2n) is 4.79. The van der Waals surface area contributed by atoms with Crippen LogP contribution >= 0.6 is 34.5 Å². The van der Waals surface area contributed by atoms with E-state index in [2.05, 4.69) is 12.2 Å². The van der Waals surface area contributed by atoms with Crippen molar-refractivity contribution in [3.05, 3.63) is 63.5 Å². The van der Waals surface area contributed by atoms with E-state index in [1.807, 2.05) is 48.5 Å². The Hall–Kier alpha value is -1.55. The zero-order valence-electron chi connectivity index (χ0n) is 11.9. The summed E-state index contributed by atoms with van der Waals surface area (Å²) in [5, 5.41) is 5.62. The molecule has 1 heterocycles. The number of aryl methyl sites for hydroxylation is 1. The molecule has 3 aromatic rings. The van der Waals surface area contributed by atoms with Gasteiger partial charge in [0.15, 0.2) is 5.13 Å². The second kappa shape index (κ2) is 6.69. The maximum atomic E-state index is 6.02. The maximum absolute atomic E-state index is 6.02. The fourth-order valence-corrected chi connectivity index (χ4v) is 3.43. The summed E-state index contributed by atoms with van der Waals surface area (Å²) in [6, 6.07) is 15.4.